The Balaban J connectivity index is 2.29. The molecular formula is C13H29N3. The summed E-state index contributed by atoms with van der Waals surface area (Å²) in [7, 11) is 2.27. The number of nitrogens with two attached hydrogens (primary N) is 1. The van der Waals surface area contributed by atoms with E-state index in [4.69, 9.17) is 5.73 Å². The monoisotopic (exact) mass is 227 g/mol. The van der Waals surface area contributed by atoms with Crippen LogP contribution in [0.1, 0.15) is 39.5 Å². The first-order valence-corrected chi connectivity index (χ1v) is 6.79. The number of nitrogens with zero attached hydrogens (tertiary/aromatic N) is 2. The Morgan fingerprint density at radius 2 is 2.06 bits per heavy atom. The third kappa shape index (κ3) is 4.40. The van der Waals surface area contributed by atoms with Gasteiger partial charge in [0.2, 0.25) is 0 Å². The minimum Gasteiger partial charge on any atom is -0.329 e. The molecule has 0 saturated carbocycles. The fourth-order valence-electron chi connectivity index (χ4n) is 2.62. The fourth-order valence-corrected chi connectivity index (χ4v) is 2.62. The first-order valence-electron chi connectivity index (χ1n) is 6.79. The predicted molar refractivity (Wildman–Crippen MR) is 70.6 cm³/mol. The maximum atomic E-state index is 5.65. The molecule has 0 aliphatic carbocycles. The molecule has 1 unspecified atom stereocenters. The molecule has 3 nitrogen and oxygen atoms in total. The zero-order chi connectivity index (χ0) is 12.0. The van der Waals surface area contributed by atoms with E-state index in [1.165, 1.54) is 38.8 Å². The van der Waals surface area contributed by atoms with Crippen LogP contribution in [-0.4, -0.2) is 55.1 Å². The molecule has 2 N–H and O–H groups in total. The highest BCUT2D eigenvalue weighted by atomic mass is 15.2. The number of likely N-dealkylation sites (tertiary alicyclic amines) is 1. The van der Waals surface area contributed by atoms with Crippen molar-refractivity contribution < 1.29 is 0 Å². The second kappa shape index (κ2) is 7.25. The molecule has 0 aromatic heterocycles. The first kappa shape index (κ1) is 13.9. The van der Waals surface area contributed by atoms with Crippen molar-refractivity contribution in [3.05, 3.63) is 0 Å². The SMILES string of the molecule is CC(C)N(CCN)CCC1CCCCN1C. The zero-order valence-corrected chi connectivity index (χ0v) is 11.3. The van der Waals surface area contributed by atoms with Gasteiger partial charge in [-0.1, -0.05) is 6.42 Å². The third-order valence-electron chi connectivity index (χ3n) is 3.82. The Morgan fingerprint density at radius 1 is 1.31 bits per heavy atom. The molecule has 16 heavy (non-hydrogen) atoms. The van der Waals surface area contributed by atoms with Crippen LogP contribution in [0.15, 0.2) is 0 Å². The lowest BCUT2D eigenvalue weighted by molar-refractivity contribution is 0.143. The minimum absolute atomic E-state index is 0.623. The Morgan fingerprint density at radius 3 is 2.62 bits per heavy atom. The zero-order valence-electron chi connectivity index (χ0n) is 11.3. The molecule has 3 heteroatoms. The lowest BCUT2D eigenvalue weighted by Crippen LogP contribution is -2.42. The summed E-state index contributed by atoms with van der Waals surface area (Å²) in [6.07, 6.45) is 5.47. The molecule has 0 bridgehead atoms. The van der Waals surface area contributed by atoms with Crippen LogP contribution >= 0.6 is 0 Å². The number of rotatable bonds is 6. The molecule has 0 aromatic rings. The van der Waals surface area contributed by atoms with Gasteiger partial charge in [0, 0.05) is 25.2 Å². The van der Waals surface area contributed by atoms with E-state index >= 15 is 0 Å². The summed E-state index contributed by atoms with van der Waals surface area (Å²) in [5.74, 6) is 0. The summed E-state index contributed by atoms with van der Waals surface area (Å²) < 4.78 is 0. The van der Waals surface area contributed by atoms with E-state index in [2.05, 4.69) is 30.7 Å². The predicted octanol–water partition coefficient (Wildman–Crippen LogP) is 1.53. The van der Waals surface area contributed by atoms with E-state index in [0.717, 1.165) is 19.1 Å². The molecule has 96 valence electrons. The van der Waals surface area contributed by atoms with Crippen molar-refractivity contribution in [2.75, 3.05) is 33.2 Å². The highest BCUT2D eigenvalue weighted by Crippen LogP contribution is 2.18. The summed E-state index contributed by atoms with van der Waals surface area (Å²) in [6, 6.07) is 1.42. The first-order chi connectivity index (χ1) is 7.65. The Bertz CT molecular complexity index is 178. The third-order valence-corrected chi connectivity index (χ3v) is 3.82. The smallest absolute Gasteiger partial charge is 0.0107 e. The molecule has 1 heterocycles. The van der Waals surface area contributed by atoms with Crippen molar-refractivity contribution in [1.82, 2.24) is 9.80 Å². The van der Waals surface area contributed by atoms with Crippen molar-refractivity contribution in [2.45, 2.75) is 51.6 Å². The molecule has 1 fully saturated rings. The van der Waals surface area contributed by atoms with Crippen molar-refractivity contribution in [1.29, 1.82) is 0 Å². The van der Waals surface area contributed by atoms with Gasteiger partial charge in [0.05, 0.1) is 0 Å². The van der Waals surface area contributed by atoms with E-state index in [1.54, 1.807) is 0 Å². The molecule has 0 amide bonds. The van der Waals surface area contributed by atoms with Crippen LogP contribution in [0.2, 0.25) is 0 Å². The topological polar surface area (TPSA) is 32.5 Å². The van der Waals surface area contributed by atoms with Crippen LogP contribution in [0, 0.1) is 0 Å². The van der Waals surface area contributed by atoms with E-state index in [1.807, 2.05) is 0 Å². The van der Waals surface area contributed by atoms with Crippen LogP contribution < -0.4 is 5.73 Å². The average molecular weight is 227 g/mol. The minimum atomic E-state index is 0.623. The molecular weight excluding hydrogens is 198 g/mol. The fraction of sp³-hybridized carbons (Fsp3) is 1.00. The van der Waals surface area contributed by atoms with Crippen molar-refractivity contribution in [3.63, 3.8) is 0 Å². The van der Waals surface area contributed by atoms with E-state index in [9.17, 15) is 0 Å². The summed E-state index contributed by atoms with van der Waals surface area (Å²) in [5.41, 5.74) is 5.65. The number of hydrogen-bond acceptors (Lipinski definition) is 3. The second-order valence-corrected chi connectivity index (χ2v) is 5.34. The van der Waals surface area contributed by atoms with Crippen LogP contribution in [0.5, 0.6) is 0 Å². The van der Waals surface area contributed by atoms with E-state index in [-0.39, 0.29) is 0 Å². The largest absolute Gasteiger partial charge is 0.329 e. The summed E-state index contributed by atoms with van der Waals surface area (Å²) in [4.78, 5) is 5.03. The lowest BCUT2D eigenvalue weighted by atomic mass is 10.00. The molecule has 1 aliphatic rings. The summed E-state index contributed by atoms with van der Waals surface area (Å²) >= 11 is 0. The molecule has 1 rings (SSSR count). The van der Waals surface area contributed by atoms with Crippen LogP contribution in [-0.2, 0) is 0 Å². The Hall–Kier alpha value is -0.120. The van der Waals surface area contributed by atoms with Crippen LogP contribution in [0.3, 0.4) is 0 Å². The van der Waals surface area contributed by atoms with Gasteiger partial charge in [-0.25, -0.2) is 0 Å². The van der Waals surface area contributed by atoms with Crippen LogP contribution in [0.25, 0.3) is 0 Å². The Labute approximate surface area is 101 Å². The van der Waals surface area contributed by atoms with Gasteiger partial charge in [-0.3, -0.25) is 4.90 Å². The normalized spacial score (nSPS) is 23.2. The van der Waals surface area contributed by atoms with Crippen LogP contribution in [0.4, 0.5) is 0 Å². The highest BCUT2D eigenvalue weighted by molar-refractivity contribution is 4.76. The van der Waals surface area contributed by atoms with Gasteiger partial charge in [0.25, 0.3) is 0 Å². The maximum absolute atomic E-state index is 5.65. The molecule has 0 spiro atoms. The Kier molecular flexibility index (Phi) is 6.32. The van der Waals surface area contributed by atoms with Gasteiger partial charge in [0.15, 0.2) is 0 Å². The van der Waals surface area contributed by atoms with Gasteiger partial charge in [-0.15, -0.1) is 0 Å². The second-order valence-electron chi connectivity index (χ2n) is 5.34. The van der Waals surface area contributed by atoms with E-state index < -0.39 is 0 Å². The van der Waals surface area contributed by atoms with Gasteiger partial charge >= 0.3 is 0 Å². The van der Waals surface area contributed by atoms with Gasteiger partial charge in [0.1, 0.15) is 0 Å². The van der Waals surface area contributed by atoms with Crippen molar-refractivity contribution in [2.24, 2.45) is 5.73 Å². The lowest BCUT2D eigenvalue weighted by Gasteiger charge is -2.35. The summed E-state index contributed by atoms with van der Waals surface area (Å²) in [6.45, 7) is 8.82. The van der Waals surface area contributed by atoms with E-state index in [0.29, 0.717) is 6.04 Å². The standard InChI is InChI=1S/C13H29N3/c1-12(2)16(11-8-14)10-7-13-6-4-5-9-15(13)3/h12-13H,4-11,14H2,1-3H3. The van der Waals surface area contributed by atoms with Gasteiger partial charge in [-0.05, 0) is 53.2 Å². The highest BCUT2D eigenvalue weighted by Gasteiger charge is 2.19. The average Bonchev–Trinajstić information content (AvgIpc) is 2.26. The number of piperidine rings is 1. The quantitative estimate of drug-likeness (QED) is 0.747. The number of hydrogen-bond donors (Lipinski definition) is 1. The molecule has 1 saturated heterocycles. The van der Waals surface area contributed by atoms with Crippen molar-refractivity contribution in [3.8, 4) is 0 Å². The molecule has 0 radical (unpaired) electrons. The molecule has 1 atom stereocenters. The van der Waals surface area contributed by atoms with Gasteiger partial charge in [-0.2, -0.15) is 0 Å². The van der Waals surface area contributed by atoms with Gasteiger partial charge < -0.3 is 10.6 Å². The molecule has 1 aliphatic heterocycles. The maximum Gasteiger partial charge on any atom is 0.0107 e. The van der Waals surface area contributed by atoms with Crippen molar-refractivity contribution >= 4 is 0 Å². The molecule has 0 aromatic carbocycles. The summed E-state index contributed by atoms with van der Waals surface area (Å²) in [5, 5.41) is 0.